The van der Waals surface area contributed by atoms with Crippen LogP contribution in [0.15, 0.2) is 0 Å². The van der Waals surface area contributed by atoms with Crippen LogP contribution in [0.3, 0.4) is 0 Å². The van der Waals surface area contributed by atoms with Gasteiger partial charge in [-0.25, -0.2) is 4.39 Å². The van der Waals surface area contributed by atoms with Gasteiger partial charge >= 0.3 is 0 Å². The van der Waals surface area contributed by atoms with E-state index in [1.54, 1.807) is 0 Å². The molecule has 0 saturated heterocycles. The highest BCUT2D eigenvalue weighted by Gasteiger charge is 2.03. The maximum Gasteiger partial charge on any atom is 0.188 e. The SMILES string of the molecule is [NH3+]C[C@@H](F)C(=O)[O-]. The molecule has 0 aromatic heterocycles. The fourth-order valence-electron chi connectivity index (χ4n) is 0.118. The van der Waals surface area contributed by atoms with Gasteiger partial charge in [-0.3, -0.25) is 0 Å². The van der Waals surface area contributed by atoms with Crippen molar-refractivity contribution in [1.29, 1.82) is 0 Å². The molecule has 3 nitrogen and oxygen atoms in total. The second-order valence-electron chi connectivity index (χ2n) is 1.08. The normalized spacial score (nSPS) is 13.4. The van der Waals surface area contributed by atoms with E-state index < -0.39 is 12.1 Å². The van der Waals surface area contributed by atoms with Gasteiger partial charge in [-0.15, -0.1) is 0 Å². The van der Waals surface area contributed by atoms with Crippen molar-refractivity contribution >= 4 is 5.97 Å². The van der Waals surface area contributed by atoms with E-state index in [-0.39, 0.29) is 6.54 Å². The Labute approximate surface area is 39.9 Å². The number of carboxylic acid groups (broad SMARTS) is 1. The lowest BCUT2D eigenvalue weighted by Crippen LogP contribution is -2.58. The summed E-state index contributed by atoms with van der Waals surface area (Å²) in [5, 5.41) is 9.40. The van der Waals surface area contributed by atoms with Crippen molar-refractivity contribution in [3.05, 3.63) is 0 Å². The molecule has 0 amide bonds. The molecule has 4 heteroatoms. The van der Waals surface area contributed by atoms with Crippen molar-refractivity contribution in [3.8, 4) is 0 Å². The number of hydrogen-bond donors (Lipinski definition) is 1. The lowest BCUT2D eigenvalue weighted by molar-refractivity contribution is -0.386. The molecule has 0 radical (unpaired) electrons. The third kappa shape index (κ3) is 2.11. The molecule has 0 unspecified atom stereocenters. The van der Waals surface area contributed by atoms with Crippen LogP contribution in [-0.2, 0) is 4.79 Å². The quantitative estimate of drug-likeness (QED) is 0.417. The molecule has 0 spiro atoms. The maximum atomic E-state index is 11.5. The average molecular weight is 107 g/mol. The summed E-state index contributed by atoms with van der Waals surface area (Å²) < 4.78 is 11.5. The number of rotatable bonds is 2. The van der Waals surface area contributed by atoms with Gasteiger partial charge in [0.1, 0.15) is 6.54 Å². The molecule has 0 bridgehead atoms. The Balaban J connectivity index is 3.34. The summed E-state index contributed by atoms with van der Waals surface area (Å²) in [4.78, 5) is 9.40. The molecule has 7 heavy (non-hydrogen) atoms. The van der Waals surface area contributed by atoms with Crippen LogP contribution in [0.2, 0.25) is 0 Å². The molecule has 0 fully saturated rings. The van der Waals surface area contributed by atoms with E-state index in [2.05, 4.69) is 5.73 Å². The summed E-state index contributed by atoms with van der Waals surface area (Å²) in [6.45, 7) is -0.262. The molecule has 42 valence electrons. The van der Waals surface area contributed by atoms with Crippen molar-refractivity contribution in [1.82, 2.24) is 0 Å². The monoisotopic (exact) mass is 107 g/mol. The van der Waals surface area contributed by atoms with Crippen LogP contribution >= 0.6 is 0 Å². The first-order chi connectivity index (χ1) is 3.18. The summed E-state index contributed by atoms with van der Waals surface area (Å²) in [5.74, 6) is -1.69. The number of quaternary nitrogens is 1. The second kappa shape index (κ2) is 2.52. The van der Waals surface area contributed by atoms with Crippen molar-refractivity contribution in [2.45, 2.75) is 6.17 Å². The van der Waals surface area contributed by atoms with Crippen LogP contribution in [0, 0.1) is 0 Å². The van der Waals surface area contributed by atoms with Crippen molar-refractivity contribution in [3.63, 3.8) is 0 Å². The standard InChI is InChI=1S/C3H6FNO2/c4-2(1-5)3(6)7/h2H,1,5H2,(H,6,7)/t2-/m1/s1. The maximum absolute atomic E-state index is 11.5. The molecular formula is C3H6FNO2. The summed E-state index contributed by atoms with van der Waals surface area (Å²) in [7, 11) is 0. The van der Waals surface area contributed by atoms with Crippen molar-refractivity contribution in [2.75, 3.05) is 6.54 Å². The lowest BCUT2D eigenvalue weighted by atomic mass is 10.4. The summed E-state index contributed by atoms with van der Waals surface area (Å²) in [6.07, 6.45) is -1.90. The molecule has 0 aromatic rings. The zero-order chi connectivity index (χ0) is 5.86. The van der Waals surface area contributed by atoms with Crippen LogP contribution in [0.25, 0.3) is 0 Å². The molecule has 0 aliphatic heterocycles. The van der Waals surface area contributed by atoms with Gasteiger partial charge in [0.15, 0.2) is 6.17 Å². The molecule has 0 saturated carbocycles. The second-order valence-corrected chi connectivity index (χ2v) is 1.08. The Hall–Kier alpha value is -0.640. The van der Waals surface area contributed by atoms with Crippen molar-refractivity contribution in [2.24, 2.45) is 0 Å². The Kier molecular flexibility index (Phi) is 2.29. The average Bonchev–Trinajstić information content (AvgIpc) is 1.65. The fraction of sp³-hybridized carbons (Fsp3) is 0.667. The van der Waals surface area contributed by atoms with E-state index in [1.807, 2.05) is 0 Å². The van der Waals surface area contributed by atoms with Gasteiger partial charge in [0.05, 0.1) is 5.97 Å². The van der Waals surface area contributed by atoms with Gasteiger partial charge < -0.3 is 15.6 Å². The van der Waals surface area contributed by atoms with Crippen LogP contribution in [0.5, 0.6) is 0 Å². The van der Waals surface area contributed by atoms with Gasteiger partial charge in [0, 0.05) is 0 Å². The molecule has 0 heterocycles. The highest BCUT2D eigenvalue weighted by atomic mass is 19.1. The van der Waals surface area contributed by atoms with Crippen LogP contribution in [0.4, 0.5) is 4.39 Å². The molecule has 3 N–H and O–H groups in total. The summed E-state index contributed by atoms with van der Waals surface area (Å²) >= 11 is 0. The van der Waals surface area contributed by atoms with Gasteiger partial charge in [0.25, 0.3) is 0 Å². The number of hydrogen-bond acceptors (Lipinski definition) is 2. The van der Waals surface area contributed by atoms with E-state index in [4.69, 9.17) is 0 Å². The molecule has 1 atom stereocenters. The van der Waals surface area contributed by atoms with E-state index >= 15 is 0 Å². The predicted octanol–water partition coefficient (Wildman–Crippen LogP) is -2.68. The minimum atomic E-state index is -1.90. The first kappa shape index (κ1) is 6.36. The molecular weight excluding hydrogens is 101 g/mol. The van der Waals surface area contributed by atoms with E-state index in [0.29, 0.717) is 0 Å². The number of carbonyl (C=O) groups is 1. The number of carbonyl (C=O) groups excluding carboxylic acids is 1. The van der Waals surface area contributed by atoms with E-state index in [0.717, 1.165) is 0 Å². The summed E-state index contributed by atoms with van der Waals surface area (Å²) in [6, 6.07) is 0. The van der Waals surface area contributed by atoms with Crippen LogP contribution in [0.1, 0.15) is 0 Å². The number of carboxylic acids is 1. The van der Waals surface area contributed by atoms with Gasteiger partial charge in [-0.1, -0.05) is 0 Å². The van der Waals surface area contributed by atoms with Crippen LogP contribution in [-0.4, -0.2) is 18.7 Å². The Morgan fingerprint density at radius 1 is 2.00 bits per heavy atom. The Morgan fingerprint density at radius 2 is 2.43 bits per heavy atom. The zero-order valence-electron chi connectivity index (χ0n) is 3.69. The predicted molar refractivity (Wildman–Crippen MR) is 17.7 cm³/mol. The third-order valence-corrected chi connectivity index (χ3v) is 0.509. The van der Waals surface area contributed by atoms with Gasteiger partial charge in [-0.05, 0) is 0 Å². The minimum absolute atomic E-state index is 0.262. The number of halogens is 1. The summed E-state index contributed by atoms with van der Waals surface area (Å²) in [5.41, 5.74) is 3.01. The zero-order valence-corrected chi connectivity index (χ0v) is 3.69. The Morgan fingerprint density at radius 3 is 2.43 bits per heavy atom. The molecule has 0 aliphatic rings. The van der Waals surface area contributed by atoms with Crippen LogP contribution < -0.4 is 10.8 Å². The third-order valence-electron chi connectivity index (χ3n) is 0.509. The number of alkyl halides is 1. The highest BCUT2D eigenvalue weighted by molar-refractivity contribution is 5.69. The van der Waals surface area contributed by atoms with E-state index in [9.17, 15) is 14.3 Å². The number of aliphatic carboxylic acids is 1. The van der Waals surface area contributed by atoms with Gasteiger partial charge in [0.2, 0.25) is 0 Å². The highest BCUT2D eigenvalue weighted by Crippen LogP contribution is 1.79. The minimum Gasteiger partial charge on any atom is -0.547 e. The first-order valence-corrected chi connectivity index (χ1v) is 1.82. The molecule has 0 aromatic carbocycles. The largest absolute Gasteiger partial charge is 0.547 e. The fourth-order valence-corrected chi connectivity index (χ4v) is 0.118. The first-order valence-electron chi connectivity index (χ1n) is 1.82. The smallest absolute Gasteiger partial charge is 0.188 e. The van der Waals surface area contributed by atoms with Crippen molar-refractivity contribution < 1.29 is 20.0 Å². The lowest BCUT2D eigenvalue weighted by Gasteiger charge is -2.00. The van der Waals surface area contributed by atoms with Gasteiger partial charge in [-0.2, -0.15) is 0 Å². The van der Waals surface area contributed by atoms with E-state index in [1.165, 1.54) is 0 Å². The Bertz CT molecular complexity index is 75.3. The topological polar surface area (TPSA) is 67.8 Å². The molecule has 0 rings (SSSR count). The molecule has 0 aliphatic carbocycles.